The standard InChI is InChI=1S/C12H11F2N3O/c1-2-9-11(16-6-5-15-9)10-4-3-8(7-17-10)18-12(13)14/h3-7,12H,2H2,1H3. The summed E-state index contributed by atoms with van der Waals surface area (Å²) in [6.45, 7) is -0.887. The summed E-state index contributed by atoms with van der Waals surface area (Å²) < 4.78 is 28.2. The van der Waals surface area contributed by atoms with Gasteiger partial charge in [0, 0.05) is 12.4 Å². The first-order chi connectivity index (χ1) is 8.70. The molecular weight excluding hydrogens is 240 g/mol. The zero-order chi connectivity index (χ0) is 13.0. The van der Waals surface area contributed by atoms with Crippen LogP contribution in [0, 0.1) is 0 Å². The first kappa shape index (κ1) is 12.3. The molecule has 2 aromatic heterocycles. The van der Waals surface area contributed by atoms with E-state index >= 15 is 0 Å². The number of pyridine rings is 1. The van der Waals surface area contributed by atoms with E-state index in [4.69, 9.17) is 0 Å². The Bertz CT molecular complexity index is 517. The molecule has 18 heavy (non-hydrogen) atoms. The Morgan fingerprint density at radius 2 is 1.94 bits per heavy atom. The van der Waals surface area contributed by atoms with Crippen molar-refractivity contribution >= 4 is 0 Å². The van der Waals surface area contributed by atoms with Gasteiger partial charge in [-0.3, -0.25) is 15.0 Å². The lowest BCUT2D eigenvalue weighted by molar-refractivity contribution is -0.0500. The molecule has 0 saturated carbocycles. The summed E-state index contributed by atoms with van der Waals surface area (Å²) in [5, 5.41) is 0. The van der Waals surface area contributed by atoms with E-state index in [1.165, 1.54) is 12.3 Å². The maximum atomic E-state index is 12.0. The molecule has 0 unspecified atom stereocenters. The van der Waals surface area contributed by atoms with E-state index in [9.17, 15) is 8.78 Å². The van der Waals surface area contributed by atoms with Crippen molar-refractivity contribution in [2.75, 3.05) is 0 Å². The summed E-state index contributed by atoms with van der Waals surface area (Å²) in [4.78, 5) is 12.4. The van der Waals surface area contributed by atoms with Gasteiger partial charge in [-0.2, -0.15) is 8.78 Å². The molecule has 0 aromatic carbocycles. The van der Waals surface area contributed by atoms with Gasteiger partial charge in [-0.25, -0.2) is 0 Å². The van der Waals surface area contributed by atoms with Gasteiger partial charge >= 0.3 is 6.61 Å². The van der Waals surface area contributed by atoms with Crippen LogP contribution in [0.5, 0.6) is 5.75 Å². The van der Waals surface area contributed by atoms with Crippen molar-refractivity contribution in [1.29, 1.82) is 0 Å². The Balaban J connectivity index is 2.28. The van der Waals surface area contributed by atoms with Crippen LogP contribution >= 0.6 is 0 Å². The maximum absolute atomic E-state index is 12.0. The van der Waals surface area contributed by atoms with Gasteiger partial charge in [-0.1, -0.05) is 6.92 Å². The zero-order valence-corrected chi connectivity index (χ0v) is 9.68. The van der Waals surface area contributed by atoms with Gasteiger partial charge in [0.2, 0.25) is 0 Å². The highest BCUT2D eigenvalue weighted by Crippen LogP contribution is 2.20. The van der Waals surface area contributed by atoms with Gasteiger partial charge in [0.25, 0.3) is 0 Å². The number of halogens is 2. The highest BCUT2D eigenvalue weighted by molar-refractivity contribution is 5.57. The summed E-state index contributed by atoms with van der Waals surface area (Å²) in [7, 11) is 0. The number of ether oxygens (including phenoxy) is 1. The smallest absolute Gasteiger partial charge is 0.387 e. The minimum atomic E-state index is -2.85. The zero-order valence-electron chi connectivity index (χ0n) is 9.68. The molecule has 2 heterocycles. The van der Waals surface area contributed by atoms with E-state index in [2.05, 4.69) is 19.7 Å². The summed E-state index contributed by atoms with van der Waals surface area (Å²) in [6.07, 6.45) is 5.14. The van der Waals surface area contributed by atoms with Crippen molar-refractivity contribution < 1.29 is 13.5 Å². The van der Waals surface area contributed by atoms with Gasteiger partial charge in [-0.05, 0) is 18.6 Å². The Hall–Kier alpha value is -2.11. The van der Waals surface area contributed by atoms with Crippen LogP contribution in [0.3, 0.4) is 0 Å². The second-order valence-corrected chi connectivity index (χ2v) is 3.46. The summed E-state index contributed by atoms with van der Waals surface area (Å²) in [5.74, 6) is 0.0238. The van der Waals surface area contributed by atoms with Crippen LogP contribution in [0.1, 0.15) is 12.6 Å². The number of aromatic nitrogens is 3. The predicted molar refractivity (Wildman–Crippen MR) is 61.3 cm³/mol. The second-order valence-electron chi connectivity index (χ2n) is 3.46. The minimum Gasteiger partial charge on any atom is -0.433 e. The highest BCUT2D eigenvalue weighted by atomic mass is 19.3. The number of hydrogen-bond donors (Lipinski definition) is 0. The molecule has 0 fully saturated rings. The predicted octanol–water partition coefficient (Wildman–Crippen LogP) is 2.70. The fourth-order valence-electron chi connectivity index (χ4n) is 1.53. The van der Waals surface area contributed by atoms with Crippen LogP contribution in [0.25, 0.3) is 11.4 Å². The van der Waals surface area contributed by atoms with Crippen molar-refractivity contribution in [1.82, 2.24) is 15.0 Å². The number of hydrogen-bond acceptors (Lipinski definition) is 4. The average Bonchev–Trinajstić information content (AvgIpc) is 2.39. The van der Waals surface area contributed by atoms with E-state index in [1.807, 2.05) is 6.92 Å². The molecule has 0 amide bonds. The van der Waals surface area contributed by atoms with Gasteiger partial charge < -0.3 is 4.74 Å². The minimum absolute atomic E-state index is 0.0238. The quantitative estimate of drug-likeness (QED) is 0.838. The lowest BCUT2D eigenvalue weighted by Gasteiger charge is -2.06. The fraction of sp³-hybridized carbons (Fsp3) is 0.250. The first-order valence-corrected chi connectivity index (χ1v) is 5.42. The van der Waals surface area contributed by atoms with Crippen LogP contribution in [0.2, 0.25) is 0 Å². The number of aryl methyl sites for hydroxylation is 1. The third-order valence-corrected chi connectivity index (χ3v) is 2.31. The fourth-order valence-corrected chi connectivity index (χ4v) is 1.53. The van der Waals surface area contributed by atoms with Crippen LogP contribution in [0.15, 0.2) is 30.7 Å². The Kier molecular flexibility index (Phi) is 3.76. The largest absolute Gasteiger partial charge is 0.433 e. The van der Waals surface area contributed by atoms with Crippen LogP contribution in [-0.2, 0) is 6.42 Å². The molecule has 0 aliphatic rings. The summed E-state index contributed by atoms with van der Waals surface area (Å²) in [5.41, 5.74) is 2.05. The van der Waals surface area contributed by atoms with Crippen molar-refractivity contribution in [3.8, 4) is 17.1 Å². The topological polar surface area (TPSA) is 47.9 Å². The molecule has 0 atom stereocenters. The second kappa shape index (κ2) is 5.48. The van der Waals surface area contributed by atoms with Crippen LogP contribution < -0.4 is 4.74 Å². The molecule has 6 heteroatoms. The number of nitrogens with zero attached hydrogens (tertiary/aromatic N) is 3. The monoisotopic (exact) mass is 251 g/mol. The molecule has 2 aromatic rings. The molecule has 0 aliphatic carbocycles. The van der Waals surface area contributed by atoms with Crippen molar-refractivity contribution in [3.05, 3.63) is 36.4 Å². The Labute approximate surface area is 103 Å². The van der Waals surface area contributed by atoms with E-state index < -0.39 is 6.61 Å². The number of rotatable bonds is 4. The molecule has 0 aliphatic heterocycles. The molecule has 4 nitrogen and oxygen atoms in total. The summed E-state index contributed by atoms with van der Waals surface area (Å²) in [6, 6.07) is 3.02. The normalized spacial score (nSPS) is 10.7. The third-order valence-electron chi connectivity index (χ3n) is 2.31. The SMILES string of the molecule is CCc1nccnc1-c1ccc(OC(F)F)cn1. The van der Waals surface area contributed by atoms with Gasteiger partial charge in [0.05, 0.1) is 17.6 Å². The lowest BCUT2D eigenvalue weighted by Crippen LogP contribution is -2.02. The lowest BCUT2D eigenvalue weighted by atomic mass is 10.2. The molecule has 0 bridgehead atoms. The first-order valence-electron chi connectivity index (χ1n) is 5.42. The van der Waals surface area contributed by atoms with Crippen molar-refractivity contribution in [2.24, 2.45) is 0 Å². The molecule has 2 rings (SSSR count). The molecule has 94 valence electrons. The van der Waals surface area contributed by atoms with E-state index in [0.29, 0.717) is 11.4 Å². The molecule has 0 spiro atoms. The maximum Gasteiger partial charge on any atom is 0.387 e. The van der Waals surface area contributed by atoms with Crippen LogP contribution in [-0.4, -0.2) is 21.6 Å². The molecule has 0 saturated heterocycles. The molecular formula is C12H11F2N3O. The summed E-state index contributed by atoms with van der Waals surface area (Å²) >= 11 is 0. The molecule has 0 N–H and O–H groups in total. The van der Waals surface area contributed by atoms with Crippen molar-refractivity contribution in [3.63, 3.8) is 0 Å². The van der Waals surface area contributed by atoms with E-state index in [-0.39, 0.29) is 5.75 Å². The van der Waals surface area contributed by atoms with Gasteiger partial charge in [-0.15, -0.1) is 0 Å². The molecule has 0 radical (unpaired) electrons. The average molecular weight is 251 g/mol. The number of alkyl halides is 2. The Morgan fingerprint density at radius 3 is 2.56 bits per heavy atom. The van der Waals surface area contributed by atoms with Gasteiger partial charge in [0.1, 0.15) is 11.4 Å². The van der Waals surface area contributed by atoms with E-state index in [0.717, 1.165) is 12.1 Å². The van der Waals surface area contributed by atoms with Gasteiger partial charge in [0.15, 0.2) is 0 Å². The highest BCUT2D eigenvalue weighted by Gasteiger charge is 2.09. The van der Waals surface area contributed by atoms with E-state index in [1.54, 1.807) is 18.5 Å². The van der Waals surface area contributed by atoms with Crippen molar-refractivity contribution in [2.45, 2.75) is 20.0 Å². The Morgan fingerprint density at radius 1 is 1.17 bits per heavy atom. The van der Waals surface area contributed by atoms with Crippen LogP contribution in [0.4, 0.5) is 8.78 Å². The third kappa shape index (κ3) is 2.77.